The summed E-state index contributed by atoms with van der Waals surface area (Å²) < 4.78 is 42.9. The highest BCUT2D eigenvalue weighted by molar-refractivity contribution is 6.17. The molecule has 1 radical (unpaired) electrons. The molecular formula is C21H14F3N2O2. The molecule has 0 atom stereocenters. The Labute approximate surface area is 157 Å². The summed E-state index contributed by atoms with van der Waals surface area (Å²) in [6, 6.07) is 13.2. The van der Waals surface area contributed by atoms with Gasteiger partial charge >= 0.3 is 0 Å². The number of amides is 1. The average molecular weight is 383 g/mol. The number of aliphatic hydroxyl groups is 1. The SMILES string of the molecule is NC(=O)c1cccc2c1c1[c]cc(CO)cc1n2Cc1ccc(F)c(F)c1F. The zero-order valence-corrected chi connectivity index (χ0v) is 14.5. The molecule has 0 spiro atoms. The van der Waals surface area contributed by atoms with Crippen molar-refractivity contribution in [2.24, 2.45) is 5.73 Å². The number of hydrogen-bond acceptors (Lipinski definition) is 2. The van der Waals surface area contributed by atoms with E-state index in [9.17, 15) is 23.1 Å². The molecule has 1 amide bonds. The maximum absolute atomic E-state index is 14.3. The summed E-state index contributed by atoms with van der Waals surface area (Å²) in [6.07, 6.45) is 0. The second-order valence-electron chi connectivity index (χ2n) is 6.41. The summed E-state index contributed by atoms with van der Waals surface area (Å²) in [5.41, 5.74) is 7.37. The van der Waals surface area contributed by atoms with Gasteiger partial charge in [0.05, 0.1) is 24.2 Å². The second-order valence-corrected chi connectivity index (χ2v) is 6.41. The minimum atomic E-state index is -1.54. The number of benzene rings is 3. The molecule has 4 nitrogen and oxygen atoms in total. The van der Waals surface area contributed by atoms with Crippen LogP contribution >= 0.6 is 0 Å². The van der Waals surface area contributed by atoms with E-state index in [4.69, 9.17) is 5.73 Å². The van der Waals surface area contributed by atoms with E-state index in [-0.39, 0.29) is 24.3 Å². The zero-order chi connectivity index (χ0) is 20.0. The van der Waals surface area contributed by atoms with E-state index < -0.39 is 23.4 Å². The van der Waals surface area contributed by atoms with Gasteiger partial charge in [-0.1, -0.05) is 12.1 Å². The maximum atomic E-state index is 14.3. The Balaban J connectivity index is 2.05. The van der Waals surface area contributed by atoms with Crippen molar-refractivity contribution in [3.05, 3.63) is 82.7 Å². The maximum Gasteiger partial charge on any atom is 0.249 e. The third-order valence-corrected chi connectivity index (χ3v) is 4.75. The molecule has 4 rings (SSSR count). The van der Waals surface area contributed by atoms with Gasteiger partial charge in [-0.15, -0.1) is 0 Å². The Morgan fingerprint density at radius 3 is 2.61 bits per heavy atom. The lowest BCUT2D eigenvalue weighted by atomic mass is 10.0. The van der Waals surface area contributed by atoms with Gasteiger partial charge in [-0.05, 0) is 42.0 Å². The average Bonchev–Trinajstić information content (AvgIpc) is 3.01. The van der Waals surface area contributed by atoms with Crippen molar-refractivity contribution < 1.29 is 23.1 Å². The molecule has 0 saturated heterocycles. The molecule has 0 fully saturated rings. The monoisotopic (exact) mass is 383 g/mol. The minimum Gasteiger partial charge on any atom is -0.392 e. The van der Waals surface area contributed by atoms with Crippen molar-refractivity contribution in [2.75, 3.05) is 0 Å². The smallest absolute Gasteiger partial charge is 0.249 e. The van der Waals surface area contributed by atoms with Crippen LogP contribution in [0.3, 0.4) is 0 Å². The highest BCUT2D eigenvalue weighted by Gasteiger charge is 2.19. The lowest BCUT2D eigenvalue weighted by Gasteiger charge is -2.10. The molecule has 0 unspecified atom stereocenters. The summed E-state index contributed by atoms with van der Waals surface area (Å²) in [6.45, 7) is -0.357. The first-order chi connectivity index (χ1) is 13.4. The molecule has 0 saturated carbocycles. The number of nitrogens with zero attached hydrogens (tertiary/aromatic N) is 1. The van der Waals surface area contributed by atoms with E-state index in [1.54, 1.807) is 34.9 Å². The molecule has 0 bridgehead atoms. The van der Waals surface area contributed by atoms with Crippen molar-refractivity contribution in [3.63, 3.8) is 0 Å². The van der Waals surface area contributed by atoms with Gasteiger partial charge in [0, 0.05) is 21.9 Å². The van der Waals surface area contributed by atoms with Crippen LogP contribution in [0.4, 0.5) is 13.2 Å². The summed E-state index contributed by atoms with van der Waals surface area (Å²) in [5.74, 6) is -4.72. The van der Waals surface area contributed by atoms with Gasteiger partial charge in [0.25, 0.3) is 0 Å². The fraction of sp³-hybridized carbons (Fsp3) is 0.0952. The molecule has 3 N–H and O–H groups in total. The van der Waals surface area contributed by atoms with Gasteiger partial charge in [0.15, 0.2) is 17.5 Å². The number of carbonyl (C=O) groups is 1. The van der Waals surface area contributed by atoms with Crippen molar-refractivity contribution in [1.29, 1.82) is 0 Å². The molecule has 7 heteroatoms. The van der Waals surface area contributed by atoms with Crippen LogP contribution in [0, 0.1) is 23.5 Å². The summed E-state index contributed by atoms with van der Waals surface area (Å²) in [4.78, 5) is 11.9. The minimum absolute atomic E-state index is 0.0587. The van der Waals surface area contributed by atoms with Gasteiger partial charge in [-0.3, -0.25) is 4.79 Å². The lowest BCUT2D eigenvalue weighted by molar-refractivity contribution is 0.100. The second kappa shape index (κ2) is 6.69. The van der Waals surface area contributed by atoms with Gasteiger partial charge < -0.3 is 15.4 Å². The number of hydrogen-bond donors (Lipinski definition) is 2. The van der Waals surface area contributed by atoms with Crippen LogP contribution in [-0.4, -0.2) is 15.6 Å². The topological polar surface area (TPSA) is 68.2 Å². The summed E-state index contributed by atoms with van der Waals surface area (Å²) >= 11 is 0. The van der Waals surface area contributed by atoms with E-state index >= 15 is 0 Å². The number of primary amides is 1. The third-order valence-electron chi connectivity index (χ3n) is 4.75. The van der Waals surface area contributed by atoms with Crippen molar-refractivity contribution in [2.45, 2.75) is 13.2 Å². The molecule has 1 aromatic heterocycles. The molecule has 0 aliphatic carbocycles. The van der Waals surface area contributed by atoms with Crippen LogP contribution in [0.15, 0.2) is 42.5 Å². The number of rotatable bonds is 4. The Hall–Kier alpha value is -3.32. The summed E-state index contributed by atoms with van der Waals surface area (Å²) in [5, 5.41) is 10.5. The van der Waals surface area contributed by atoms with Gasteiger partial charge in [0.2, 0.25) is 5.91 Å². The number of fused-ring (bicyclic) bond motifs is 3. The first-order valence-electron chi connectivity index (χ1n) is 8.41. The van der Waals surface area contributed by atoms with Crippen LogP contribution < -0.4 is 5.73 Å². The predicted octanol–water partition coefficient (Wildman–Crippen LogP) is 3.65. The molecule has 141 valence electrons. The Morgan fingerprint density at radius 1 is 1.11 bits per heavy atom. The predicted molar refractivity (Wildman–Crippen MR) is 98.1 cm³/mol. The number of halogens is 3. The molecule has 3 aromatic carbocycles. The third kappa shape index (κ3) is 2.71. The van der Waals surface area contributed by atoms with Gasteiger partial charge in [-0.25, -0.2) is 13.2 Å². The molecule has 0 aliphatic heterocycles. The number of aromatic nitrogens is 1. The van der Waals surface area contributed by atoms with Crippen molar-refractivity contribution in [3.8, 4) is 0 Å². The fourth-order valence-corrected chi connectivity index (χ4v) is 3.42. The van der Waals surface area contributed by atoms with E-state index in [1.807, 2.05) is 0 Å². The van der Waals surface area contributed by atoms with Crippen LogP contribution in [0.1, 0.15) is 21.5 Å². The quantitative estimate of drug-likeness (QED) is 0.528. The van der Waals surface area contributed by atoms with Crippen LogP contribution in [-0.2, 0) is 13.2 Å². The zero-order valence-electron chi connectivity index (χ0n) is 14.5. The van der Waals surface area contributed by atoms with E-state index in [0.717, 1.165) is 6.07 Å². The molecule has 4 aromatic rings. The van der Waals surface area contributed by atoms with E-state index in [1.165, 1.54) is 6.07 Å². The Bertz CT molecular complexity index is 1250. The molecular weight excluding hydrogens is 369 g/mol. The highest BCUT2D eigenvalue weighted by Crippen LogP contribution is 2.33. The van der Waals surface area contributed by atoms with Crippen molar-refractivity contribution >= 4 is 27.7 Å². The first-order valence-corrected chi connectivity index (χ1v) is 8.41. The van der Waals surface area contributed by atoms with E-state index in [0.29, 0.717) is 27.4 Å². The van der Waals surface area contributed by atoms with E-state index in [2.05, 4.69) is 6.07 Å². The highest BCUT2D eigenvalue weighted by atomic mass is 19.2. The molecule has 0 aliphatic rings. The lowest BCUT2D eigenvalue weighted by Crippen LogP contribution is -2.11. The molecule has 1 heterocycles. The standard InChI is InChI=1S/C21H14F3N2O2/c22-15-7-5-12(19(23)20(15)24)9-26-16-3-1-2-14(21(25)28)18(16)13-6-4-11(10-27)8-17(13)26/h1-5,7-8,27H,9-10H2,(H2,25,28). The normalized spacial score (nSPS) is 11.4. The number of carbonyl (C=O) groups excluding carboxylic acids is 1. The van der Waals surface area contributed by atoms with Crippen LogP contribution in [0.5, 0.6) is 0 Å². The van der Waals surface area contributed by atoms with Gasteiger partial charge in [-0.2, -0.15) is 0 Å². The fourth-order valence-electron chi connectivity index (χ4n) is 3.42. The molecule has 28 heavy (non-hydrogen) atoms. The first kappa shape index (κ1) is 18.1. The summed E-state index contributed by atoms with van der Waals surface area (Å²) in [7, 11) is 0. The van der Waals surface area contributed by atoms with Crippen LogP contribution in [0.2, 0.25) is 0 Å². The Morgan fingerprint density at radius 2 is 1.89 bits per heavy atom. The number of nitrogens with two attached hydrogens (primary N) is 1. The van der Waals surface area contributed by atoms with Crippen molar-refractivity contribution in [1.82, 2.24) is 4.57 Å². The largest absolute Gasteiger partial charge is 0.392 e. The Kier molecular flexibility index (Phi) is 4.31. The number of aliphatic hydroxyl groups excluding tert-OH is 1. The van der Waals surface area contributed by atoms with Gasteiger partial charge in [0.1, 0.15) is 0 Å². The van der Waals surface area contributed by atoms with Crippen LogP contribution in [0.25, 0.3) is 21.8 Å².